The van der Waals surface area contributed by atoms with Gasteiger partial charge in [-0.3, -0.25) is 0 Å². The first-order valence-electron chi connectivity index (χ1n) is 8.05. The number of anilines is 1. The van der Waals surface area contributed by atoms with Crippen LogP contribution in [0.25, 0.3) is 5.70 Å². The standard InChI is InChI=1S/C21H14Cl2F2N2/c22-19-10-1-14(13-20(19)23)21(27-18-8-4-16(25)5-9-18)11-12-26-17-6-2-15(24)3-7-17/h1-13,27H/p+1. The van der Waals surface area contributed by atoms with E-state index in [2.05, 4.69) is 10.3 Å². The summed E-state index contributed by atoms with van der Waals surface area (Å²) in [5, 5.41) is 4.10. The quantitative estimate of drug-likeness (QED) is 0.562. The van der Waals surface area contributed by atoms with Crippen LogP contribution < -0.4 is 10.3 Å². The van der Waals surface area contributed by atoms with E-state index in [0.717, 1.165) is 16.9 Å². The fourth-order valence-electron chi connectivity index (χ4n) is 2.33. The van der Waals surface area contributed by atoms with Crippen molar-refractivity contribution in [3.05, 3.63) is 100 Å². The molecule has 2 nitrogen and oxygen atoms in total. The van der Waals surface area contributed by atoms with E-state index in [0.29, 0.717) is 15.7 Å². The summed E-state index contributed by atoms with van der Waals surface area (Å²) < 4.78 is 26.1. The molecule has 0 aromatic heterocycles. The summed E-state index contributed by atoms with van der Waals surface area (Å²) in [6.45, 7) is 0. The lowest BCUT2D eigenvalue weighted by Crippen LogP contribution is -2.61. The minimum Gasteiger partial charge on any atom is -0.355 e. The highest BCUT2D eigenvalue weighted by Gasteiger charge is 2.06. The van der Waals surface area contributed by atoms with Crippen LogP contribution in [-0.4, -0.2) is 6.21 Å². The van der Waals surface area contributed by atoms with Gasteiger partial charge in [-0.2, -0.15) is 0 Å². The topological polar surface area (TPSA) is 26.0 Å². The Bertz CT molecular complexity index is 982. The molecule has 0 saturated carbocycles. The molecule has 2 N–H and O–H groups in total. The van der Waals surface area contributed by atoms with E-state index in [1.165, 1.54) is 24.3 Å². The number of nitrogens with one attached hydrogen (secondary N) is 2. The van der Waals surface area contributed by atoms with Crippen LogP contribution in [0.5, 0.6) is 0 Å². The third-order valence-corrected chi connectivity index (χ3v) is 4.44. The second kappa shape index (κ2) is 8.80. The second-order valence-corrected chi connectivity index (χ2v) is 6.47. The fraction of sp³-hybridized carbons (Fsp3) is 0. The average molecular weight is 404 g/mol. The molecule has 0 aliphatic heterocycles. The van der Waals surface area contributed by atoms with Crippen LogP contribution >= 0.6 is 23.2 Å². The molecule has 3 aromatic rings. The molecule has 3 aromatic carbocycles. The number of halogens is 4. The summed E-state index contributed by atoms with van der Waals surface area (Å²) in [4.78, 5) is 3.07. The third-order valence-electron chi connectivity index (χ3n) is 3.70. The fourth-order valence-corrected chi connectivity index (χ4v) is 2.63. The van der Waals surface area contributed by atoms with Crippen molar-refractivity contribution in [2.75, 3.05) is 5.32 Å². The van der Waals surface area contributed by atoms with Crippen molar-refractivity contribution in [3.8, 4) is 0 Å². The van der Waals surface area contributed by atoms with Gasteiger partial charge in [-0.25, -0.2) is 13.8 Å². The molecule has 0 bridgehead atoms. The Kier molecular flexibility index (Phi) is 6.22. The van der Waals surface area contributed by atoms with Crippen molar-refractivity contribution in [2.45, 2.75) is 0 Å². The number of benzene rings is 3. The number of hydrogen-bond acceptors (Lipinski definition) is 1. The van der Waals surface area contributed by atoms with Gasteiger partial charge >= 0.3 is 0 Å². The molecule has 0 radical (unpaired) electrons. The average Bonchev–Trinajstić information content (AvgIpc) is 2.66. The Labute approximate surface area is 165 Å². The van der Waals surface area contributed by atoms with Crippen molar-refractivity contribution in [2.24, 2.45) is 0 Å². The molecule has 0 amide bonds. The highest BCUT2D eigenvalue weighted by atomic mass is 35.5. The zero-order valence-electron chi connectivity index (χ0n) is 14.0. The lowest BCUT2D eigenvalue weighted by Gasteiger charge is -2.11. The Balaban J connectivity index is 1.91. The van der Waals surface area contributed by atoms with Crippen LogP contribution in [0, 0.1) is 11.6 Å². The largest absolute Gasteiger partial charge is 0.355 e. The van der Waals surface area contributed by atoms with Crippen LogP contribution in [0.4, 0.5) is 20.2 Å². The summed E-state index contributed by atoms with van der Waals surface area (Å²) in [6, 6.07) is 17.3. The van der Waals surface area contributed by atoms with Gasteiger partial charge in [0.1, 0.15) is 11.6 Å². The normalized spacial score (nSPS) is 11.8. The first kappa shape index (κ1) is 19.1. The molecule has 0 atom stereocenters. The maximum absolute atomic E-state index is 13.1. The predicted molar refractivity (Wildman–Crippen MR) is 108 cm³/mol. The Morgan fingerprint density at radius 3 is 2.07 bits per heavy atom. The minimum absolute atomic E-state index is 0.300. The van der Waals surface area contributed by atoms with Crippen LogP contribution in [0.1, 0.15) is 5.56 Å². The molecule has 27 heavy (non-hydrogen) atoms. The van der Waals surface area contributed by atoms with E-state index in [9.17, 15) is 8.78 Å². The summed E-state index contributed by atoms with van der Waals surface area (Å²) in [5.41, 5.74) is 2.97. The van der Waals surface area contributed by atoms with Crippen LogP contribution in [0.15, 0.2) is 72.8 Å². The van der Waals surface area contributed by atoms with Crippen molar-refractivity contribution in [1.82, 2.24) is 0 Å². The van der Waals surface area contributed by atoms with Crippen molar-refractivity contribution < 1.29 is 13.8 Å². The zero-order valence-corrected chi connectivity index (χ0v) is 15.5. The molecule has 0 aliphatic carbocycles. The van der Waals surface area contributed by atoms with E-state index >= 15 is 0 Å². The van der Waals surface area contributed by atoms with Crippen molar-refractivity contribution >= 4 is 46.5 Å². The van der Waals surface area contributed by atoms with Crippen molar-refractivity contribution in [3.63, 3.8) is 0 Å². The second-order valence-electron chi connectivity index (χ2n) is 5.66. The third kappa shape index (κ3) is 5.39. The van der Waals surface area contributed by atoms with Crippen LogP contribution in [0.3, 0.4) is 0 Å². The molecule has 6 heteroatoms. The highest BCUT2D eigenvalue weighted by Crippen LogP contribution is 2.27. The number of allylic oxidation sites excluding steroid dienone is 1. The molecular weight excluding hydrogens is 389 g/mol. The van der Waals surface area contributed by atoms with Gasteiger partial charge in [0.2, 0.25) is 5.69 Å². The van der Waals surface area contributed by atoms with Gasteiger partial charge in [0.15, 0.2) is 6.21 Å². The lowest BCUT2D eigenvalue weighted by molar-refractivity contribution is -0.346. The SMILES string of the molecule is Fc1ccc(NC(=CC=[NH+]c2ccc(F)cc2)c2ccc(Cl)c(Cl)c2)cc1. The first-order chi connectivity index (χ1) is 13.0. The summed E-state index contributed by atoms with van der Waals surface area (Å²) >= 11 is 12.1. The van der Waals surface area contributed by atoms with Gasteiger partial charge in [-0.05, 0) is 54.1 Å². The summed E-state index contributed by atoms with van der Waals surface area (Å²) in [7, 11) is 0. The van der Waals surface area contributed by atoms with Gasteiger partial charge in [-0.1, -0.05) is 29.3 Å². The van der Waals surface area contributed by atoms with E-state index in [1.807, 2.05) is 6.07 Å². The van der Waals surface area contributed by atoms with Gasteiger partial charge < -0.3 is 5.32 Å². The Hall–Kier alpha value is -2.69. The molecule has 0 heterocycles. The maximum Gasteiger partial charge on any atom is 0.203 e. The molecule has 0 unspecified atom stereocenters. The van der Waals surface area contributed by atoms with E-state index < -0.39 is 0 Å². The minimum atomic E-state index is -0.315. The monoisotopic (exact) mass is 403 g/mol. The molecular formula is C21H15Cl2F2N2+. The Morgan fingerprint density at radius 2 is 1.44 bits per heavy atom. The smallest absolute Gasteiger partial charge is 0.203 e. The maximum atomic E-state index is 13.1. The molecule has 0 aliphatic rings. The number of hydrogen-bond donors (Lipinski definition) is 2. The molecule has 0 spiro atoms. The van der Waals surface area contributed by atoms with E-state index in [-0.39, 0.29) is 11.6 Å². The summed E-state index contributed by atoms with van der Waals surface area (Å²) in [5.74, 6) is -0.615. The zero-order chi connectivity index (χ0) is 19.2. The van der Waals surface area contributed by atoms with Crippen LogP contribution in [-0.2, 0) is 0 Å². The molecule has 136 valence electrons. The van der Waals surface area contributed by atoms with Crippen molar-refractivity contribution in [1.29, 1.82) is 0 Å². The van der Waals surface area contributed by atoms with Gasteiger partial charge in [0.25, 0.3) is 0 Å². The number of rotatable bonds is 5. The molecule has 0 saturated heterocycles. The molecule has 0 fully saturated rings. The van der Waals surface area contributed by atoms with Gasteiger partial charge in [-0.15, -0.1) is 0 Å². The lowest BCUT2D eigenvalue weighted by atomic mass is 10.1. The first-order valence-corrected chi connectivity index (χ1v) is 8.80. The van der Waals surface area contributed by atoms with Gasteiger partial charge in [0, 0.05) is 23.9 Å². The van der Waals surface area contributed by atoms with E-state index in [4.69, 9.17) is 23.2 Å². The molecule has 3 rings (SSSR count). The predicted octanol–water partition coefficient (Wildman–Crippen LogP) is 5.21. The van der Waals surface area contributed by atoms with Gasteiger partial charge in [0.05, 0.1) is 15.7 Å². The summed E-state index contributed by atoms with van der Waals surface area (Å²) in [6.07, 6.45) is 3.51. The highest BCUT2D eigenvalue weighted by molar-refractivity contribution is 6.42. The Morgan fingerprint density at radius 1 is 0.815 bits per heavy atom. The van der Waals surface area contributed by atoms with E-state index in [1.54, 1.807) is 48.7 Å². The van der Waals surface area contributed by atoms with Crippen LogP contribution in [0.2, 0.25) is 10.0 Å².